The number of carbonyl (C=O) groups is 1. The number of nitrogens with zero attached hydrogens (tertiary/aromatic N) is 2. The Labute approximate surface area is 100 Å². The number of rotatable bonds is 3. The molecule has 1 heterocycles. The van der Waals surface area contributed by atoms with Crippen molar-refractivity contribution in [2.75, 3.05) is 0 Å². The van der Waals surface area contributed by atoms with Gasteiger partial charge in [-0.25, -0.2) is 14.8 Å². The van der Waals surface area contributed by atoms with E-state index in [1.54, 1.807) is 0 Å². The molecule has 3 rings (SSSR count). The highest BCUT2D eigenvalue weighted by molar-refractivity contribution is 5.88. The maximum Gasteiger partial charge on any atom is 0.339 e. The maximum absolute atomic E-state index is 11.1. The van der Waals surface area contributed by atoms with E-state index >= 15 is 0 Å². The van der Waals surface area contributed by atoms with E-state index in [-0.39, 0.29) is 11.0 Å². The molecule has 4 nitrogen and oxygen atoms in total. The van der Waals surface area contributed by atoms with Crippen LogP contribution in [-0.2, 0) is 0 Å². The number of aromatic carboxylic acids is 1. The summed E-state index contributed by atoms with van der Waals surface area (Å²) < 4.78 is 0. The molecule has 0 saturated heterocycles. The van der Waals surface area contributed by atoms with Gasteiger partial charge >= 0.3 is 5.97 Å². The van der Waals surface area contributed by atoms with Crippen molar-refractivity contribution in [2.24, 2.45) is 5.41 Å². The summed E-state index contributed by atoms with van der Waals surface area (Å²) in [6, 6.07) is 0. The number of carboxylic acids is 1. The van der Waals surface area contributed by atoms with Crippen LogP contribution in [0.4, 0.5) is 0 Å². The molecule has 17 heavy (non-hydrogen) atoms. The number of carboxylic acid groups (broad SMARTS) is 1. The molecular formula is C13H16N2O2. The van der Waals surface area contributed by atoms with Gasteiger partial charge < -0.3 is 5.11 Å². The molecule has 1 atom stereocenters. The summed E-state index contributed by atoms with van der Waals surface area (Å²) in [6.07, 6.45) is 4.71. The quantitative estimate of drug-likeness (QED) is 0.869. The van der Waals surface area contributed by atoms with Crippen LogP contribution in [0.1, 0.15) is 66.8 Å². The molecule has 0 radical (unpaired) electrons. The first kappa shape index (κ1) is 10.7. The summed E-state index contributed by atoms with van der Waals surface area (Å²) in [6.45, 7) is 4.39. The van der Waals surface area contributed by atoms with Crippen LogP contribution in [0, 0.1) is 5.41 Å². The van der Waals surface area contributed by atoms with E-state index < -0.39 is 5.97 Å². The fourth-order valence-electron chi connectivity index (χ4n) is 2.32. The predicted octanol–water partition coefficient (Wildman–Crippen LogP) is 2.57. The second-order valence-corrected chi connectivity index (χ2v) is 5.85. The van der Waals surface area contributed by atoms with E-state index in [9.17, 15) is 4.79 Å². The Kier molecular flexibility index (Phi) is 2.06. The lowest BCUT2D eigenvalue weighted by atomic mass is 10.1. The zero-order valence-corrected chi connectivity index (χ0v) is 10.1. The molecule has 1 aromatic heterocycles. The van der Waals surface area contributed by atoms with Gasteiger partial charge in [0.15, 0.2) is 0 Å². The van der Waals surface area contributed by atoms with Crippen LogP contribution in [0.3, 0.4) is 0 Å². The van der Waals surface area contributed by atoms with Gasteiger partial charge in [-0.2, -0.15) is 0 Å². The van der Waals surface area contributed by atoms with E-state index in [0.717, 1.165) is 30.8 Å². The van der Waals surface area contributed by atoms with Crippen LogP contribution in [0.15, 0.2) is 6.20 Å². The van der Waals surface area contributed by atoms with Gasteiger partial charge in [0.1, 0.15) is 5.82 Å². The Hall–Kier alpha value is -1.45. The van der Waals surface area contributed by atoms with Crippen molar-refractivity contribution in [3.63, 3.8) is 0 Å². The fraction of sp³-hybridized carbons (Fsp3) is 0.615. The topological polar surface area (TPSA) is 63.1 Å². The summed E-state index contributed by atoms with van der Waals surface area (Å²) in [5.41, 5.74) is 1.32. The molecule has 2 fully saturated rings. The van der Waals surface area contributed by atoms with Gasteiger partial charge in [0.2, 0.25) is 0 Å². The smallest absolute Gasteiger partial charge is 0.339 e. The Bertz CT molecular complexity index is 492. The third kappa shape index (κ3) is 1.81. The number of hydrogen-bond acceptors (Lipinski definition) is 3. The molecule has 90 valence electrons. The van der Waals surface area contributed by atoms with Crippen LogP contribution < -0.4 is 0 Å². The van der Waals surface area contributed by atoms with Gasteiger partial charge in [0.25, 0.3) is 0 Å². The van der Waals surface area contributed by atoms with Crippen molar-refractivity contribution < 1.29 is 9.90 Å². The predicted molar refractivity (Wildman–Crippen MR) is 62.1 cm³/mol. The van der Waals surface area contributed by atoms with Crippen LogP contribution in [0.2, 0.25) is 0 Å². The lowest BCUT2D eigenvalue weighted by Gasteiger charge is -2.07. The highest BCUT2D eigenvalue weighted by Crippen LogP contribution is 2.57. The van der Waals surface area contributed by atoms with Gasteiger partial charge in [0.05, 0.1) is 11.3 Å². The van der Waals surface area contributed by atoms with Crippen LogP contribution in [0.25, 0.3) is 0 Å². The molecule has 0 amide bonds. The van der Waals surface area contributed by atoms with Gasteiger partial charge in [-0.1, -0.05) is 13.8 Å². The minimum Gasteiger partial charge on any atom is -0.478 e. The number of hydrogen-bond donors (Lipinski definition) is 1. The molecule has 2 saturated carbocycles. The first-order valence-electron chi connectivity index (χ1n) is 6.09. The lowest BCUT2D eigenvalue weighted by Crippen LogP contribution is -2.08. The standard InChI is InChI=1S/C13H16N2O2/c1-13(2)5-9(13)11-14-6-8(12(16)17)10(15-11)7-3-4-7/h6-7,9H,3-5H2,1-2H3,(H,16,17). The monoisotopic (exact) mass is 232 g/mol. The molecule has 0 bridgehead atoms. The fourth-order valence-corrected chi connectivity index (χ4v) is 2.32. The molecule has 0 aromatic carbocycles. The molecule has 0 aliphatic heterocycles. The molecule has 1 aromatic rings. The second kappa shape index (κ2) is 3.28. The van der Waals surface area contributed by atoms with Gasteiger partial charge in [-0.15, -0.1) is 0 Å². The van der Waals surface area contributed by atoms with Crippen molar-refractivity contribution in [1.82, 2.24) is 9.97 Å². The minimum atomic E-state index is -0.909. The Morgan fingerprint density at radius 1 is 1.47 bits per heavy atom. The normalized spacial score (nSPS) is 25.6. The third-order valence-corrected chi connectivity index (χ3v) is 3.86. The van der Waals surface area contributed by atoms with Crippen LogP contribution in [0.5, 0.6) is 0 Å². The second-order valence-electron chi connectivity index (χ2n) is 5.85. The number of aromatic nitrogens is 2. The van der Waals surface area contributed by atoms with E-state index in [1.165, 1.54) is 6.20 Å². The SMILES string of the molecule is CC1(C)CC1c1ncc(C(=O)O)c(C2CC2)n1. The van der Waals surface area contributed by atoms with E-state index in [4.69, 9.17) is 5.11 Å². The average molecular weight is 232 g/mol. The Balaban J connectivity index is 1.98. The lowest BCUT2D eigenvalue weighted by molar-refractivity contribution is 0.0694. The van der Waals surface area contributed by atoms with Crippen molar-refractivity contribution in [2.45, 2.75) is 44.9 Å². The Morgan fingerprint density at radius 3 is 2.59 bits per heavy atom. The van der Waals surface area contributed by atoms with Crippen molar-refractivity contribution in [1.29, 1.82) is 0 Å². The van der Waals surface area contributed by atoms with E-state index in [0.29, 0.717) is 11.8 Å². The molecule has 2 aliphatic carbocycles. The van der Waals surface area contributed by atoms with Crippen molar-refractivity contribution in [3.8, 4) is 0 Å². The molecule has 2 aliphatic rings. The molecule has 4 heteroatoms. The molecule has 0 spiro atoms. The van der Waals surface area contributed by atoms with Gasteiger partial charge in [0, 0.05) is 18.0 Å². The van der Waals surface area contributed by atoms with Crippen LogP contribution >= 0.6 is 0 Å². The minimum absolute atomic E-state index is 0.283. The van der Waals surface area contributed by atoms with Gasteiger partial charge in [-0.05, 0) is 24.7 Å². The van der Waals surface area contributed by atoms with E-state index in [1.807, 2.05) is 0 Å². The van der Waals surface area contributed by atoms with Crippen molar-refractivity contribution >= 4 is 5.97 Å². The summed E-state index contributed by atoms with van der Waals surface area (Å²) in [7, 11) is 0. The first-order chi connectivity index (χ1) is 7.99. The molecule has 1 unspecified atom stereocenters. The molecule has 1 N–H and O–H groups in total. The van der Waals surface area contributed by atoms with Crippen molar-refractivity contribution in [3.05, 3.63) is 23.3 Å². The highest BCUT2D eigenvalue weighted by atomic mass is 16.4. The summed E-state index contributed by atoms with van der Waals surface area (Å²) in [5.74, 6) is 0.683. The van der Waals surface area contributed by atoms with Crippen LogP contribution in [-0.4, -0.2) is 21.0 Å². The highest BCUT2D eigenvalue weighted by Gasteiger charge is 2.49. The largest absolute Gasteiger partial charge is 0.478 e. The maximum atomic E-state index is 11.1. The summed E-state index contributed by atoms with van der Waals surface area (Å²) >= 11 is 0. The van der Waals surface area contributed by atoms with Gasteiger partial charge in [-0.3, -0.25) is 0 Å². The summed E-state index contributed by atoms with van der Waals surface area (Å²) in [4.78, 5) is 19.9. The first-order valence-corrected chi connectivity index (χ1v) is 6.09. The zero-order valence-electron chi connectivity index (χ0n) is 10.1. The van der Waals surface area contributed by atoms with E-state index in [2.05, 4.69) is 23.8 Å². The molecular weight excluding hydrogens is 216 g/mol. The third-order valence-electron chi connectivity index (χ3n) is 3.86. The Morgan fingerprint density at radius 2 is 2.12 bits per heavy atom. The zero-order chi connectivity index (χ0) is 12.2. The average Bonchev–Trinajstić information content (AvgIpc) is 3.13. The summed E-state index contributed by atoms with van der Waals surface area (Å²) in [5, 5.41) is 9.11.